The molecule has 0 aliphatic carbocycles. The second-order valence-electron chi connectivity index (χ2n) is 4.57. The Bertz CT molecular complexity index is 675. The first kappa shape index (κ1) is 15.6. The Balaban J connectivity index is 1.80. The molecule has 0 bridgehead atoms. The molecule has 0 saturated heterocycles. The van der Waals surface area contributed by atoms with Crippen LogP contribution in [0.25, 0.3) is 0 Å². The minimum absolute atomic E-state index is 0.0465. The van der Waals surface area contributed by atoms with Crippen LogP contribution in [-0.2, 0) is 11.3 Å². The van der Waals surface area contributed by atoms with Crippen molar-refractivity contribution in [1.82, 2.24) is 10.6 Å². The maximum atomic E-state index is 13.0. The van der Waals surface area contributed by atoms with Crippen molar-refractivity contribution in [3.05, 3.63) is 71.3 Å². The lowest BCUT2D eigenvalue weighted by Crippen LogP contribution is -2.36. The van der Waals surface area contributed by atoms with Gasteiger partial charge in [0.1, 0.15) is 0 Å². The number of benzene rings is 2. The molecule has 0 spiro atoms. The zero-order valence-corrected chi connectivity index (χ0v) is 11.6. The van der Waals surface area contributed by atoms with Crippen LogP contribution in [-0.4, -0.2) is 18.4 Å². The molecule has 2 aromatic carbocycles. The van der Waals surface area contributed by atoms with Gasteiger partial charge in [0.15, 0.2) is 11.6 Å². The second-order valence-corrected chi connectivity index (χ2v) is 4.57. The number of rotatable bonds is 5. The molecule has 0 heterocycles. The molecule has 2 N–H and O–H groups in total. The molecule has 4 nitrogen and oxygen atoms in total. The highest BCUT2D eigenvalue weighted by Gasteiger charge is 2.10. The first-order valence-corrected chi connectivity index (χ1v) is 6.60. The van der Waals surface area contributed by atoms with E-state index in [2.05, 4.69) is 10.6 Å². The first-order chi connectivity index (χ1) is 10.6. The second kappa shape index (κ2) is 7.31. The smallest absolute Gasteiger partial charge is 0.251 e. The number of amides is 2. The lowest BCUT2D eigenvalue weighted by molar-refractivity contribution is -0.120. The number of nitrogens with one attached hydrogen (secondary N) is 2. The normalized spacial score (nSPS) is 10.1. The van der Waals surface area contributed by atoms with E-state index in [1.54, 1.807) is 0 Å². The van der Waals surface area contributed by atoms with E-state index < -0.39 is 17.5 Å². The van der Waals surface area contributed by atoms with Crippen LogP contribution >= 0.6 is 0 Å². The van der Waals surface area contributed by atoms with Gasteiger partial charge in [0.25, 0.3) is 5.91 Å². The van der Waals surface area contributed by atoms with Crippen LogP contribution in [0.3, 0.4) is 0 Å². The number of carbonyl (C=O) groups excluding carboxylic acids is 2. The van der Waals surface area contributed by atoms with Gasteiger partial charge in [-0.15, -0.1) is 0 Å². The van der Waals surface area contributed by atoms with Crippen molar-refractivity contribution in [2.45, 2.75) is 6.54 Å². The Labute approximate surface area is 126 Å². The van der Waals surface area contributed by atoms with Crippen molar-refractivity contribution in [3.63, 3.8) is 0 Å². The number of hydrogen-bond acceptors (Lipinski definition) is 2. The van der Waals surface area contributed by atoms with Crippen molar-refractivity contribution in [2.24, 2.45) is 0 Å². The van der Waals surface area contributed by atoms with Crippen molar-refractivity contribution < 1.29 is 18.4 Å². The van der Waals surface area contributed by atoms with E-state index in [-0.39, 0.29) is 18.0 Å². The summed E-state index contributed by atoms with van der Waals surface area (Å²) in [6.07, 6.45) is 0. The zero-order chi connectivity index (χ0) is 15.9. The van der Waals surface area contributed by atoms with Gasteiger partial charge in [-0.05, 0) is 23.8 Å². The van der Waals surface area contributed by atoms with E-state index >= 15 is 0 Å². The highest BCUT2D eigenvalue weighted by Crippen LogP contribution is 2.08. The highest BCUT2D eigenvalue weighted by molar-refractivity contribution is 5.96. The van der Waals surface area contributed by atoms with Gasteiger partial charge < -0.3 is 10.6 Å². The fraction of sp³-hybridized carbons (Fsp3) is 0.125. The average molecular weight is 304 g/mol. The summed E-state index contributed by atoms with van der Waals surface area (Å²) in [5.41, 5.74) is 0.887. The van der Waals surface area contributed by atoms with Crippen LogP contribution in [0, 0.1) is 11.6 Å². The third-order valence-electron chi connectivity index (χ3n) is 2.92. The molecule has 2 amide bonds. The van der Waals surface area contributed by atoms with E-state index in [0.717, 1.165) is 23.8 Å². The standard InChI is InChI=1S/C16H14F2N2O2/c17-13-7-6-12(8-14(13)18)16(22)20-10-15(21)19-9-11-4-2-1-3-5-11/h1-8H,9-10H2,(H,19,21)(H,20,22). The molecule has 6 heteroatoms. The van der Waals surface area contributed by atoms with Gasteiger partial charge in [0.2, 0.25) is 5.91 Å². The van der Waals surface area contributed by atoms with Crippen LogP contribution < -0.4 is 10.6 Å². The van der Waals surface area contributed by atoms with Crippen molar-refractivity contribution in [3.8, 4) is 0 Å². The molecular weight excluding hydrogens is 290 g/mol. The largest absolute Gasteiger partial charge is 0.350 e. The molecule has 0 aliphatic heterocycles. The van der Waals surface area contributed by atoms with E-state index in [1.807, 2.05) is 30.3 Å². The quantitative estimate of drug-likeness (QED) is 0.888. The van der Waals surface area contributed by atoms with Crippen molar-refractivity contribution in [1.29, 1.82) is 0 Å². The Hall–Kier alpha value is -2.76. The van der Waals surface area contributed by atoms with Gasteiger partial charge in [0, 0.05) is 12.1 Å². The topological polar surface area (TPSA) is 58.2 Å². The third-order valence-corrected chi connectivity index (χ3v) is 2.92. The Morgan fingerprint density at radius 1 is 0.909 bits per heavy atom. The summed E-state index contributed by atoms with van der Waals surface area (Å²) in [6, 6.07) is 12.1. The SMILES string of the molecule is O=C(CNC(=O)c1ccc(F)c(F)c1)NCc1ccccc1. The molecule has 0 aromatic heterocycles. The molecule has 22 heavy (non-hydrogen) atoms. The molecule has 0 radical (unpaired) electrons. The zero-order valence-electron chi connectivity index (χ0n) is 11.6. The van der Waals surface area contributed by atoms with Gasteiger partial charge >= 0.3 is 0 Å². The summed E-state index contributed by atoms with van der Waals surface area (Å²) in [4.78, 5) is 23.3. The predicted molar refractivity (Wildman–Crippen MR) is 77.0 cm³/mol. The minimum Gasteiger partial charge on any atom is -0.350 e. The summed E-state index contributed by atoms with van der Waals surface area (Å²) in [6.45, 7) is 0.103. The Morgan fingerprint density at radius 2 is 1.64 bits per heavy atom. The van der Waals surface area contributed by atoms with Gasteiger partial charge in [-0.3, -0.25) is 9.59 Å². The van der Waals surface area contributed by atoms with Gasteiger partial charge in [-0.25, -0.2) is 8.78 Å². The number of hydrogen-bond donors (Lipinski definition) is 2. The van der Waals surface area contributed by atoms with Crippen molar-refractivity contribution >= 4 is 11.8 Å². The van der Waals surface area contributed by atoms with Gasteiger partial charge in [0.05, 0.1) is 6.54 Å². The predicted octanol–water partition coefficient (Wildman–Crippen LogP) is 2.01. The molecule has 114 valence electrons. The van der Waals surface area contributed by atoms with E-state index in [0.29, 0.717) is 6.54 Å². The van der Waals surface area contributed by atoms with Crippen LogP contribution in [0.1, 0.15) is 15.9 Å². The molecule has 0 atom stereocenters. The number of halogens is 2. The lowest BCUT2D eigenvalue weighted by Gasteiger charge is -2.07. The molecule has 2 rings (SSSR count). The maximum Gasteiger partial charge on any atom is 0.251 e. The van der Waals surface area contributed by atoms with Crippen molar-refractivity contribution in [2.75, 3.05) is 6.54 Å². The summed E-state index contributed by atoms with van der Waals surface area (Å²) in [7, 11) is 0. The minimum atomic E-state index is -1.11. The monoisotopic (exact) mass is 304 g/mol. The molecular formula is C16H14F2N2O2. The van der Waals surface area contributed by atoms with Crippen LogP contribution in [0.5, 0.6) is 0 Å². The van der Waals surface area contributed by atoms with E-state index in [1.165, 1.54) is 0 Å². The molecule has 2 aromatic rings. The van der Waals surface area contributed by atoms with Gasteiger partial charge in [-0.1, -0.05) is 30.3 Å². The molecule has 0 unspecified atom stereocenters. The summed E-state index contributed by atoms with van der Waals surface area (Å²) in [5, 5.41) is 4.98. The highest BCUT2D eigenvalue weighted by atomic mass is 19.2. The maximum absolute atomic E-state index is 13.0. The fourth-order valence-electron chi connectivity index (χ4n) is 1.76. The Kier molecular flexibility index (Phi) is 5.19. The van der Waals surface area contributed by atoms with Crippen LogP contribution in [0.15, 0.2) is 48.5 Å². The van der Waals surface area contributed by atoms with Gasteiger partial charge in [-0.2, -0.15) is 0 Å². The Morgan fingerprint density at radius 3 is 2.32 bits per heavy atom. The van der Waals surface area contributed by atoms with E-state index in [9.17, 15) is 18.4 Å². The van der Waals surface area contributed by atoms with E-state index in [4.69, 9.17) is 0 Å². The van der Waals surface area contributed by atoms with Crippen LogP contribution in [0.4, 0.5) is 8.78 Å². The molecule has 0 aliphatic rings. The molecule has 0 fully saturated rings. The average Bonchev–Trinajstić information content (AvgIpc) is 2.54. The third kappa shape index (κ3) is 4.37. The van der Waals surface area contributed by atoms with Crippen LogP contribution in [0.2, 0.25) is 0 Å². The lowest BCUT2D eigenvalue weighted by atomic mass is 10.2. The first-order valence-electron chi connectivity index (χ1n) is 6.60. The summed E-state index contributed by atoms with van der Waals surface area (Å²) < 4.78 is 25.8. The summed E-state index contributed by atoms with van der Waals surface area (Å²) in [5.74, 6) is -3.16. The summed E-state index contributed by atoms with van der Waals surface area (Å²) >= 11 is 0. The number of carbonyl (C=O) groups is 2. The molecule has 0 saturated carbocycles. The fourth-order valence-corrected chi connectivity index (χ4v) is 1.76.